The number of hydrogen-bond donors (Lipinski definition) is 0. The van der Waals surface area contributed by atoms with E-state index in [4.69, 9.17) is 28.3 Å². The molecule has 2 aliphatic rings. The van der Waals surface area contributed by atoms with Gasteiger partial charge in [0.05, 0.1) is 32.9 Å². The molecule has 0 atom stereocenters. The smallest absolute Gasteiger partial charge is 0.494 e. The van der Waals surface area contributed by atoms with Gasteiger partial charge in [0.15, 0.2) is 5.79 Å². The molecule has 2 saturated heterocycles. The molecule has 3 aromatic carbocycles. The molecule has 2 heterocycles. The Morgan fingerprint density at radius 2 is 1.49 bits per heavy atom. The Labute approximate surface area is 253 Å². The average Bonchev–Trinajstić information content (AvgIpc) is 2.94. The number of hydrogen-bond acceptors (Lipinski definition) is 9. The maximum absolute atomic E-state index is 12.1. The van der Waals surface area contributed by atoms with Crippen molar-refractivity contribution in [1.82, 2.24) is 4.90 Å². The van der Waals surface area contributed by atoms with Gasteiger partial charge in [-0.2, -0.15) is 0 Å². The van der Waals surface area contributed by atoms with Gasteiger partial charge in [-0.25, -0.2) is 0 Å². The van der Waals surface area contributed by atoms with Gasteiger partial charge in [0.1, 0.15) is 18.1 Å². The minimum atomic E-state index is -1.08. The number of benzene rings is 3. The van der Waals surface area contributed by atoms with Crippen molar-refractivity contribution < 1.29 is 37.8 Å². The first-order valence-corrected chi connectivity index (χ1v) is 14.5. The van der Waals surface area contributed by atoms with E-state index < -0.39 is 24.8 Å². The second-order valence-electron chi connectivity index (χ2n) is 11.7. The first kappa shape index (κ1) is 30.6. The Morgan fingerprint density at radius 3 is 2.12 bits per heavy atom. The van der Waals surface area contributed by atoms with Crippen LogP contribution in [0.25, 0.3) is 11.1 Å². The summed E-state index contributed by atoms with van der Waals surface area (Å²) in [6.45, 7) is 10.2. The molecule has 10 heteroatoms. The Kier molecular flexibility index (Phi) is 9.39. The van der Waals surface area contributed by atoms with E-state index >= 15 is 0 Å². The fourth-order valence-corrected chi connectivity index (χ4v) is 5.17. The molecule has 0 saturated carbocycles. The van der Waals surface area contributed by atoms with Gasteiger partial charge in [0.25, 0.3) is 0 Å². The number of aryl methyl sites for hydroxylation is 2. The zero-order valence-electron chi connectivity index (χ0n) is 25.4. The van der Waals surface area contributed by atoms with E-state index in [1.54, 1.807) is 36.2 Å². The molecular weight excluding hydrogens is 549 g/mol. The zero-order valence-corrected chi connectivity index (χ0v) is 25.4. The van der Waals surface area contributed by atoms with Crippen LogP contribution < -0.4 is 14.9 Å². The van der Waals surface area contributed by atoms with Crippen LogP contribution in [0, 0.1) is 19.8 Å². The SMILES string of the molecule is Cc1cc(OCC2COC(C)(C)OC2)cc(C)c1-c1cccc(COc2ccc(B3OC(=O)CN(C)CC(=O)O3)cc2)c1. The van der Waals surface area contributed by atoms with Crippen LogP contribution >= 0.6 is 0 Å². The van der Waals surface area contributed by atoms with Crippen molar-refractivity contribution in [2.24, 2.45) is 5.92 Å². The van der Waals surface area contributed by atoms with Crippen LogP contribution in [-0.4, -0.2) is 69.7 Å². The maximum atomic E-state index is 12.1. The van der Waals surface area contributed by atoms with Gasteiger partial charge < -0.3 is 28.3 Å². The first-order valence-electron chi connectivity index (χ1n) is 14.5. The van der Waals surface area contributed by atoms with E-state index in [1.165, 1.54) is 5.56 Å². The first-order chi connectivity index (χ1) is 20.5. The highest BCUT2D eigenvalue weighted by Gasteiger charge is 2.33. The molecule has 0 N–H and O–H groups in total. The second kappa shape index (κ2) is 13.2. The van der Waals surface area contributed by atoms with Gasteiger partial charge in [-0.3, -0.25) is 14.5 Å². The van der Waals surface area contributed by atoms with Gasteiger partial charge >= 0.3 is 19.1 Å². The van der Waals surface area contributed by atoms with Crippen molar-refractivity contribution in [2.75, 3.05) is 40.0 Å². The van der Waals surface area contributed by atoms with Gasteiger partial charge in [-0.1, -0.05) is 30.3 Å². The lowest BCUT2D eigenvalue weighted by Crippen LogP contribution is -2.47. The Hall–Kier alpha value is -3.86. The van der Waals surface area contributed by atoms with Crippen LogP contribution in [0.3, 0.4) is 0 Å². The molecule has 226 valence electrons. The number of rotatable bonds is 8. The van der Waals surface area contributed by atoms with Crippen LogP contribution in [-0.2, 0) is 35.0 Å². The van der Waals surface area contributed by atoms with Crippen molar-refractivity contribution in [2.45, 2.75) is 40.1 Å². The minimum absolute atomic E-state index is 0.0215. The molecule has 0 bridgehead atoms. The number of nitrogens with zero attached hydrogens (tertiary/aromatic N) is 1. The molecule has 0 aromatic heterocycles. The highest BCUT2D eigenvalue weighted by Crippen LogP contribution is 2.32. The van der Waals surface area contributed by atoms with Crippen molar-refractivity contribution in [3.8, 4) is 22.6 Å². The summed E-state index contributed by atoms with van der Waals surface area (Å²) in [5, 5.41) is 0. The third-order valence-corrected chi connectivity index (χ3v) is 7.37. The Bertz CT molecular complexity index is 1400. The van der Waals surface area contributed by atoms with Crippen molar-refractivity contribution in [3.05, 3.63) is 77.4 Å². The van der Waals surface area contributed by atoms with E-state index in [1.807, 2.05) is 26.0 Å². The molecule has 0 spiro atoms. The number of ether oxygens (including phenoxy) is 4. The number of likely N-dealkylation sites (N-methyl/N-ethyl adjacent to an activating group) is 1. The second-order valence-corrected chi connectivity index (χ2v) is 11.7. The molecule has 0 unspecified atom stereocenters. The van der Waals surface area contributed by atoms with Crippen molar-refractivity contribution in [1.29, 1.82) is 0 Å². The lowest BCUT2D eigenvalue weighted by atomic mass is 9.78. The van der Waals surface area contributed by atoms with Gasteiger partial charge in [0.2, 0.25) is 0 Å². The maximum Gasteiger partial charge on any atom is 0.636 e. The fourth-order valence-electron chi connectivity index (χ4n) is 5.17. The van der Waals surface area contributed by atoms with Gasteiger partial charge in [-0.15, -0.1) is 0 Å². The van der Waals surface area contributed by atoms with Crippen LogP contribution in [0.15, 0.2) is 60.7 Å². The topological polar surface area (TPSA) is 92.8 Å². The van der Waals surface area contributed by atoms with Crippen LogP contribution in [0.2, 0.25) is 0 Å². The summed E-state index contributed by atoms with van der Waals surface area (Å²) in [5.74, 6) is 0.229. The van der Waals surface area contributed by atoms with Gasteiger partial charge in [-0.05, 0) is 92.9 Å². The monoisotopic (exact) mass is 587 g/mol. The van der Waals surface area contributed by atoms with Crippen molar-refractivity contribution >= 4 is 24.5 Å². The predicted octanol–water partition coefficient (Wildman–Crippen LogP) is 4.05. The highest BCUT2D eigenvalue weighted by molar-refractivity contribution is 6.64. The fraction of sp³-hybridized carbons (Fsp3) is 0.394. The molecule has 43 heavy (non-hydrogen) atoms. The van der Waals surface area contributed by atoms with Crippen molar-refractivity contribution in [3.63, 3.8) is 0 Å². The lowest BCUT2D eigenvalue weighted by Gasteiger charge is -2.34. The minimum Gasteiger partial charge on any atom is -0.494 e. The molecule has 0 radical (unpaired) electrons. The van der Waals surface area contributed by atoms with Gasteiger partial charge in [0, 0.05) is 11.4 Å². The van der Waals surface area contributed by atoms with Crippen LogP contribution in [0.5, 0.6) is 11.5 Å². The summed E-state index contributed by atoms with van der Waals surface area (Å²) >= 11 is 0. The molecule has 3 aromatic rings. The Balaban J connectivity index is 1.19. The number of carbonyl (C=O) groups is 2. The molecular formula is C33H38BNO8. The largest absolute Gasteiger partial charge is 0.636 e. The average molecular weight is 587 g/mol. The lowest BCUT2D eigenvalue weighted by molar-refractivity contribution is -0.264. The third-order valence-electron chi connectivity index (χ3n) is 7.37. The van der Waals surface area contributed by atoms with Crippen LogP contribution in [0.1, 0.15) is 30.5 Å². The van der Waals surface area contributed by atoms with Crippen LogP contribution in [0.4, 0.5) is 0 Å². The Morgan fingerprint density at radius 1 is 0.860 bits per heavy atom. The van der Waals surface area contributed by atoms with E-state index in [9.17, 15) is 9.59 Å². The van der Waals surface area contributed by atoms with E-state index in [0.717, 1.165) is 28.0 Å². The zero-order chi connectivity index (χ0) is 30.6. The molecule has 9 nitrogen and oxygen atoms in total. The quantitative estimate of drug-likeness (QED) is 0.362. The molecule has 0 amide bonds. The number of carbonyl (C=O) groups excluding carboxylic acids is 2. The van der Waals surface area contributed by atoms with E-state index in [-0.39, 0.29) is 19.0 Å². The summed E-state index contributed by atoms with van der Waals surface area (Å²) in [6.07, 6.45) is 0. The molecule has 0 aliphatic carbocycles. The van der Waals surface area contributed by atoms with E-state index in [0.29, 0.717) is 37.6 Å². The summed E-state index contributed by atoms with van der Waals surface area (Å²) in [4.78, 5) is 25.7. The third kappa shape index (κ3) is 8.16. The summed E-state index contributed by atoms with van der Waals surface area (Å²) in [5.41, 5.74) is 6.11. The predicted molar refractivity (Wildman–Crippen MR) is 162 cm³/mol. The summed E-state index contributed by atoms with van der Waals surface area (Å²) in [7, 11) is 0.579. The standard InChI is InChI=1S/C33H38BNO8/c1-22-13-29(39-19-25-20-40-33(3,4)41-21-25)14-23(2)32(22)26-8-6-7-24(15-26)18-38-28-11-9-27(10-12-28)34-42-30(36)16-35(5)17-31(37)43-34/h6-15,25H,16-21H2,1-5H3. The normalized spacial score (nSPS) is 17.9. The molecule has 2 aliphatic heterocycles. The molecule has 2 fully saturated rings. The van der Waals surface area contributed by atoms with E-state index in [2.05, 4.69) is 38.1 Å². The molecule has 5 rings (SSSR count). The summed E-state index contributed by atoms with van der Waals surface area (Å²) < 4.78 is 34.3. The highest BCUT2D eigenvalue weighted by atomic mass is 16.7. The summed E-state index contributed by atoms with van der Waals surface area (Å²) in [6, 6.07) is 19.4.